The van der Waals surface area contributed by atoms with Gasteiger partial charge < -0.3 is 30.5 Å². The van der Waals surface area contributed by atoms with Crippen molar-refractivity contribution in [1.29, 1.82) is 0 Å². The lowest BCUT2D eigenvalue weighted by Gasteiger charge is -2.36. The second kappa shape index (κ2) is 11.8. The van der Waals surface area contributed by atoms with Gasteiger partial charge in [-0.15, -0.1) is 0 Å². The van der Waals surface area contributed by atoms with Crippen LogP contribution in [-0.4, -0.2) is 91.4 Å². The smallest absolute Gasteiger partial charge is 0.255 e. The molecule has 1 fully saturated rings. The largest absolute Gasteiger partial charge is 0.491 e. The molecule has 10 nitrogen and oxygen atoms in total. The van der Waals surface area contributed by atoms with E-state index in [1.165, 1.54) is 0 Å². The van der Waals surface area contributed by atoms with Gasteiger partial charge in [0.25, 0.3) is 5.91 Å². The molecular formula is C24H35N5O5. The first-order chi connectivity index (χ1) is 16.3. The van der Waals surface area contributed by atoms with Gasteiger partial charge in [0.2, 0.25) is 17.7 Å². The number of para-hydroxylation sites is 1. The Morgan fingerprint density at radius 3 is 2.47 bits per heavy atom. The number of carbonyl (C=O) groups is 4. The molecule has 0 unspecified atom stereocenters. The number of hydrogen-bond donors (Lipinski definition) is 3. The molecule has 2 aliphatic heterocycles. The predicted octanol–water partition coefficient (Wildman–Crippen LogP) is -0.0114. The number of fused-ring (bicyclic) bond motifs is 1. The summed E-state index contributed by atoms with van der Waals surface area (Å²) in [7, 11) is 0. The first-order valence-corrected chi connectivity index (χ1v) is 11.9. The van der Waals surface area contributed by atoms with Crippen LogP contribution in [0.2, 0.25) is 0 Å². The van der Waals surface area contributed by atoms with Crippen LogP contribution in [0.5, 0.6) is 5.75 Å². The van der Waals surface area contributed by atoms with Gasteiger partial charge in [-0.1, -0.05) is 32.9 Å². The van der Waals surface area contributed by atoms with E-state index in [4.69, 9.17) is 4.74 Å². The molecule has 0 bridgehead atoms. The molecule has 0 aromatic heterocycles. The summed E-state index contributed by atoms with van der Waals surface area (Å²) >= 11 is 0. The Hall–Kier alpha value is -3.14. The Labute approximate surface area is 200 Å². The topological polar surface area (TPSA) is 120 Å². The molecule has 3 rings (SSSR count). The molecule has 1 aromatic rings. The zero-order valence-electron chi connectivity index (χ0n) is 20.1. The Morgan fingerprint density at radius 1 is 1.09 bits per heavy atom. The summed E-state index contributed by atoms with van der Waals surface area (Å²) in [6.07, 6.45) is -0.266. The van der Waals surface area contributed by atoms with Crippen molar-refractivity contribution in [2.75, 3.05) is 45.9 Å². The van der Waals surface area contributed by atoms with Crippen LogP contribution in [0.1, 0.15) is 37.6 Å². The lowest BCUT2D eigenvalue weighted by atomic mass is 10.0. The van der Waals surface area contributed by atoms with E-state index in [0.717, 1.165) is 19.6 Å². The quantitative estimate of drug-likeness (QED) is 0.568. The van der Waals surface area contributed by atoms with Gasteiger partial charge in [-0.3, -0.25) is 19.2 Å². The minimum atomic E-state index is -1.06. The molecular weight excluding hydrogens is 438 g/mol. The lowest BCUT2D eigenvalue weighted by Crippen LogP contribution is -2.57. The molecule has 0 spiro atoms. The van der Waals surface area contributed by atoms with Crippen LogP contribution in [0.15, 0.2) is 24.3 Å². The third-order valence-electron chi connectivity index (χ3n) is 6.18. The van der Waals surface area contributed by atoms with Crippen LogP contribution < -0.4 is 20.7 Å². The van der Waals surface area contributed by atoms with Gasteiger partial charge in [-0.05, 0) is 24.6 Å². The van der Waals surface area contributed by atoms with Gasteiger partial charge in [-0.25, -0.2) is 0 Å². The van der Waals surface area contributed by atoms with Crippen molar-refractivity contribution in [3.63, 3.8) is 0 Å². The zero-order valence-corrected chi connectivity index (χ0v) is 20.1. The molecule has 186 valence electrons. The van der Waals surface area contributed by atoms with Gasteiger partial charge in [-0.2, -0.15) is 0 Å². The molecule has 0 radical (unpaired) electrons. The van der Waals surface area contributed by atoms with Crippen LogP contribution in [-0.2, 0) is 14.4 Å². The first-order valence-electron chi connectivity index (χ1n) is 11.9. The molecule has 2 atom stereocenters. The predicted molar refractivity (Wildman–Crippen MR) is 126 cm³/mol. The summed E-state index contributed by atoms with van der Waals surface area (Å²) in [6, 6.07) is 4.88. The number of ether oxygens (including phenoxy) is 1. The summed E-state index contributed by atoms with van der Waals surface area (Å²) in [5.74, 6) is -1.41. The Bertz CT molecular complexity index is 897. The van der Waals surface area contributed by atoms with Crippen molar-refractivity contribution >= 4 is 23.6 Å². The minimum absolute atomic E-state index is 0.152. The fourth-order valence-electron chi connectivity index (χ4n) is 4.12. The van der Waals surface area contributed by atoms with Crippen molar-refractivity contribution in [1.82, 2.24) is 25.8 Å². The van der Waals surface area contributed by atoms with Crippen molar-refractivity contribution in [3.8, 4) is 5.75 Å². The maximum atomic E-state index is 13.4. The average Bonchev–Trinajstić information content (AvgIpc) is 2.83. The number of likely N-dealkylation sites (N-methyl/N-ethyl adjacent to an activating group) is 1. The monoisotopic (exact) mass is 473 g/mol. The van der Waals surface area contributed by atoms with Gasteiger partial charge in [0.05, 0.1) is 18.5 Å². The van der Waals surface area contributed by atoms with Crippen LogP contribution in [0.4, 0.5) is 0 Å². The van der Waals surface area contributed by atoms with Crippen LogP contribution in [0.3, 0.4) is 0 Å². The number of benzene rings is 1. The van der Waals surface area contributed by atoms with E-state index in [-0.39, 0.29) is 42.9 Å². The summed E-state index contributed by atoms with van der Waals surface area (Å²) in [4.78, 5) is 56.0. The summed E-state index contributed by atoms with van der Waals surface area (Å²) in [5.41, 5.74) is 0.264. The highest BCUT2D eigenvalue weighted by atomic mass is 16.5. The van der Waals surface area contributed by atoms with Crippen molar-refractivity contribution in [2.45, 2.75) is 39.3 Å². The molecule has 0 aliphatic carbocycles. The van der Waals surface area contributed by atoms with Crippen LogP contribution in [0.25, 0.3) is 0 Å². The van der Waals surface area contributed by atoms with Gasteiger partial charge >= 0.3 is 0 Å². The Kier molecular flexibility index (Phi) is 8.86. The maximum Gasteiger partial charge on any atom is 0.255 e. The van der Waals surface area contributed by atoms with E-state index in [0.29, 0.717) is 18.8 Å². The molecule has 34 heavy (non-hydrogen) atoms. The van der Waals surface area contributed by atoms with Gasteiger partial charge in [0, 0.05) is 26.2 Å². The SMILES string of the molecule is CCN1CCN(C(=O)[C@@H]2CC(=O)N[C@@H](C(C)C)C(=O)NCCOc3ccccc3C(=O)N2)CC1. The first kappa shape index (κ1) is 25.5. The van der Waals surface area contributed by atoms with Gasteiger partial charge in [0.15, 0.2) is 0 Å². The number of carbonyl (C=O) groups excluding carboxylic acids is 4. The standard InChI is InChI=1S/C24H35N5O5/c1-4-28-10-12-29(13-11-28)24(33)18-15-20(30)27-21(16(2)3)23(32)25-9-14-34-19-8-6-5-7-17(19)22(31)26-18/h5-8,16,18,21H,4,9-15H2,1-3H3,(H,25,32)(H,26,31)(H,27,30)/t18-,21-/m0/s1. The average molecular weight is 474 g/mol. The van der Waals surface area contributed by atoms with E-state index in [9.17, 15) is 19.2 Å². The fraction of sp³-hybridized carbons (Fsp3) is 0.583. The number of nitrogens with zero attached hydrogens (tertiary/aromatic N) is 2. The highest BCUT2D eigenvalue weighted by Crippen LogP contribution is 2.19. The molecule has 1 saturated heterocycles. The highest BCUT2D eigenvalue weighted by Gasteiger charge is 2.33. The van der Waals surface area contributed by atoms with Crippen molar-refractivity contribution < 1.29 is 23.9 Å². The number of hydrogen-bond acceptors (Lipinski definition) is 6. The number of rotatable bonds is 3. The van der Waals surface area contributed by atoms with Crippen molar-refractivity contribution in [2.24, 2.45) is 5.92 Å². The van der Waals surface area contributed by atoms with Crippen LogP contribution in [0, 0.1) is 5.92 Å². The number of amides is 4. The Morgan fingerprint density at radius 2 is 1.79 bits per heavy atom. The van der Waals surface area contributed by atoms with E-state index < -0.39 is 23.9 Å². The molecule has 2 aliphatic rings. The molecule has 2 heterocycles. The fourth-order valence-corrected chi connectivity index (χ4v) is 4.12. The highest BCUT2D eigenvalue weighted by molar-refractivity contribution is 6.01. The van der Waals surface area contributed by atoms with Crippen LogP contribution >= 0.6 is 0 Å². The van der Waals surface area contributed by atoms with E-state index >= 15 is 0 Å². The van der Waals surface area contributed by atoms with E-state index in [1.807, 2.05) is 13.8 Å². The van der Waals surface area contributed by atoms with E-state index in [1.54, 1.807) is 29.2 Å². The second-order valence-electron chi connectivity index (χ2n) is 8.91. The van der Waals surface area contributed by atoms with Gasteiger partial charge in [0.1, 0.15) is 24.4 Å². The summed E-state index contributed by atoms with van der Waals surface area (Å²) in [6.45, 7) is 9.53. The third kappa shape index (κ3) is 6.47. The normalized spacial score (nSPS) is 23.2. The Balaban J connectivity index is 1.86. The van der Waals surface area contributed by atoms with Crippen molar-refractivity contribution in [3.05, 3.63) is 29.8 Å². The molecule has 3 N–H and O–H groups in total. The number of piperazine rings is 1. The molecule has 10 heteroatoms. The number of nitrogens with one attached hydrogen (secondary N) is 3. The second-order valence-corrected chi connectivity index (χ2v) is 8.91. The molecule has 0 saturated carbocycles. The zero-order chi connectivity index (χ0) is 24.7. The summed E-state index contributed by atoms with van der Waals surface area (Å²) < 4.78 is 5.74. The maximum absolute atomic E-state index is 13.4. The molecule has 4 amide bonds. The third-order valence-corrected chi connectivity index (χ3v) is 6.18. The lowest BCUT2D eigenvalue weighted by molar-refractivity contribution is -0.138. The van der Waals surface area contributed by atoms with E-state index in [2.05, 4.69) is 27.8 Å². The summed E-state index contributed by atoms with van der Waals surface area (Å²) in [5, 5.41) is 8.25. The minimum Gasteiger partial charge on any atom is -0.491 e. The molecule has 1 aromatic carbocycles.